The molecule has 5 rings (SSSR count). The molecule has 1 fully saturated rings. The fourth-order valence-electron chi connectivity index (χ4n) is 4.32. The lowest BCUT2D eigenvalue weighted by atomic mass is 10.1. The molecule has 2 aromatic heterocycles. The number of carbonyl (C=O) groups is 1. The molecular weight excluding hydrogens is 402 g/mol. The first-order chi connectivity index (χ1) is 14.4. The molecule has 2 atom stereocenters. The first kappa shape index (κ1) is 18.7. The summed E-state index contributed by atoms with van der Waals surface area (Å²) in [7, 11) is 0. The van der Waals surface area contributed by atoms with Crippen molar-refractivity contribution in [2.24, 2.45) is 0 Å². The molecular formula is C20H15F4N5O. The van der Waals surface area contributed by atoms with E-state index in [-0.39, 0.29) is 6.04 Å². The van der Waals surface area contributed by atoms with E-state index in [1.807, 2.05) is 10.6 Å². The van der Waals surface area contributed by atoms with Crippen LogP contribution in [-0.2, 0) is 12.7 Å². The summed E-state index contributed by atoms with van der Waals surface area (Å²) in [5, 5.41) is 8.43. The Balaban J connectivity index is 1.52. The highest BCUT2D eigenvalue weighted by Crippen LogP contribution is 2.43. The molecule has 10 heteroatoms. The van der Waals surface area contributed by atoms with Gasteiger partial charge in [0, 0.05) is 12.7 Å². The number of halogens is 4. The quantitative estimate of drug-likeness (QED) is 0.594. The Bertz CT molecular complexity index is 1130. The number of carbonyl (C=O) groups excluding carboxylic acids is 1. The standard InChI is InChI=1S/C20H15F4N5O/c21-16-12(4-3-5-13(16)20(22,23)24)19(30)29-11-7-8-15(29)18-27-26-17(28(18)10-11)14-6-1-2-9-25-14/h1-6,9,11,15H,7-8,10H2. The fourth-order valence-corrected chi connectivity index (χ4v) is 4.32. The zero-order chi connectivity index (χ0) is 21.0. The van der Waals surface area contributed by atoms with Crippen LogP contribution in [0.25, 0.3) is 11.5 Å². The van der Waals surface area contributed by atoms with E-state index >= 15 is 0 Å². The van der Waals surface area contributed by atoms with Crippen LogP contribution in [0.1, 0.15) is 40.6 Å². The van der Waals surface area contributed by atoms with E-state index in [1.54, 1.807) is 18.3 Å². The number of aromatic nitrogens is 4. The van der Waals surface area contributed by atoms with Gasteiger partial charge in [0.1, 0.15) is 11.5 Å². The molecule has 0 spiro atoms. The predicted octanol–water partition coefficient (Wildman–Crippen LogP) is 3.86. The Morgan fingerprint density at radius 2 is 1.90 bits per heavy atom. The van der Waals surface area contributed by atoms with E-state index in [0.717, 1.165) is 12.1 Å². The zero-order valence-corrected chi connectivity index (χ0v) is 15.5. The minimum atomic E-state index is -4.88. The Hall–Kier alpha value is -3.30. The van der Waals surface area contributed by atoms with Gasteiger partial charge in [-0.1, -0.05) is 12.1 Å². The third kappa shape index (κ3) is 2.78. The highest BCUT2D eigenvalue weighted by Gasteiger charge is 2.46. The van der Waals surface area contributed by atoms with E-state index in [0.29, 0.717) is 42.8 Å². The highest BCUT2D eigenvalue weighted by atomic mass is 19.4. The second-order valence-electron chi connectivity index (χ2n) is 7.33. The molecule has 4 heterocycles. The van der Waals surface area contributed by atoms with Gasteiger partial charge in [-0.2, -0.15) is 13.2 Å². The summed E-state index contributed by atoms with van der Waals surface area (Å²) in [5.74, 6) is -1.21. The molecule has 30 heavy (non-hydrogen) atoms. The van der Waals surface area contributed by atoms with Crippen molar-refractivity contribution in [3.05, 3.63) is 65.4 Å². The van der Waals surface area contributed by atoms with Gasteiger partial charge in [0.25, 0.3) is 5.91 Å². The van der Waals surface area contributed by atoms with Crippen molar-refractivity contribution in [2.75, 3.05) is 0 Å². The Morgan fingerprint density at radius 1 is 1.07 bits per heavy atom. The van der Waals surface area contributed by atoms with Gasteiger partial charge in [0.2, 0.25) is 0 Å². The Kier molecular flexibility index (Phi) is 4.12. The molecule has 0 saturated carbocycles. The lowest BCUT2D eigenvalue weighted by molar-refractivity contribution is -0.140. The monoisotopic (exact) mass is 417 g/mol. The average molecular weight is 417 g/mol. The van der Waals surface area contributed by atoms with Gasteiger partial charge in [-0.25, -0.2) is 4.39 Å². The van der Waals surface area contributed by atoms with Crippen LogP contribution < -0.4 is 0 Å². The molecule has 2 unspecified atom stereocenters. The van der Waals surface area contributed by atoms with Crippen LogP contribution in [0.5, 0.6) is 0 Å². The van der Waals surface area contributed by atoms with Crippen molar-refractivity contribution in [1.82, 2.24) is 24.6 Å². The third-order valence-corrected chi connectivity index (χ3v) is 5.64. The van der Waals surface area contributed by atoms with E-state index in [1.165, 1.54) is 4.90 Å². The van der Waals surface area contributed by atoms with Crippen LogP contribution in [0.3, 0.4) is 0 Å². The summed E-state index contributed by atoms with van der Waals surface area (Å²) < 4.78 is 55.7. The number of pyridine rings is 1. The maximum Gasteiger partial charge on any atom is 0.419 e. The average Bonchev–Trinajstić information content (AvgIpc) is 3.28. The maximum atomic E-state index is 14.6. The van der Waals surface area contributed by atoms with Gasteiger partial charge in [0.15, 0.2) is 11.6 Å². The number of amides is 1. The smallest absolute Gasteiger partial charge is 0.324 e. The van der Waals surface area contributed by atoms with E-state index in [9.17, 15) is 22.4 Å². The number of alkyl halides is 3. The largest absolute Gasteiger partial charge is 0.419 e. The summed E-state index contributed by atoms with van der Waals surface area (Å²) in [6.45, 7) is 0.372. The molecule has 0 radical (unpaired) electrons. The Morgan fingerprint density at radius 3 is 2.63 bits per heavy atom. The van der Waals surface area contributed by atoms with Crippen LogP contribution >= 0.6 is 0 Å². The number of hydrogen-bond acceptors (Lipinski definition) is 4. The second kappa shape index (κ2) is 6.61. The molecule has 2 bridgehead atoms. The molecule has 1 saturated heterocycles. The molecule has 0 N–H and O–H groups in total. The van der Waals surface area contributed by atoms with E-state index in [4.69, 9.17) is 0 Å². The predicted molar refractivity (Wildman–Crippen MR) is 96.6 cm³/mol. The lowest BCUT2D eigenvalue weighted by Crippen LogP contribution is -2.44. The summed E-state index contributed by atoms with van der Waals surface area (Å²) in [5.41, 5.74) is -1.39. The van der Waals surface area contributed by atoms with Crippen LogP contribution in [0.4, 0.5) is 17.6 Å². The van der Waals surface area contributed by atoms with Gasteiger partial charge >= 0.3 is 6.18 Å². The van der Waals surface area contributed by atoms with Gasteiger partial charge in [0.05, 0.1) is 23.2 Å². The van der Waals surface area contributed by atoms with Gasteiger partial charge in [-0.15, -0.1) is 10.2 Å². The molecule has 2 aliphatic rings. The number of hydrogen-bond donors (Lipinski definition) is 0. The molecule has 1 aromatic carbocycles. The summed E-state index contributed by atoms with van der Waals surface area (Å²) in [4.78, 5) is 18.8. The van der Waals surface area contributed by atoms with Crippen LogP contribution in [-0.4, -0.2) is 36.6 Å². The van der Waals surface area contributed by atoms with E-state index < -0.39 is 35.1 Å². The summed E-state index contributed by atoms with van der Waals surface area (Å²) in [6, 6.07) is 7.41. The first-order valence-electron chi connectivity index (χ1n) is 9.39. The molecule has 6 nitrogen and oxygen atoms in total. The van der Waals surface area contributed by atoms with Gasteiger partial charge in [-0.05, 0) is 37.1 Å². The topological polar surface area (TPSA) is 63.9 Å². The summed E-state index contributed by atoms with van der Waals surface area (Å²) >= 11 is 0. The maximum absolute atomic E-state index is 14.6. The molecule has 1 amide bonds. The first-order valence-corrected chi connectivity index (χ1v) is 9.39. The van der Waals surface area contributed by atoms with Crippen LogP contribution in [0, 0.1) is 5.82 Å². The number of nitrogens with zero attached hydrogens (tertiary/aromatic N) is 5. The molecule has 2 aliphatic heterocycles. The van der Waals surface area contributed by atoms with E-state index in [2.05, 4.69) is 15.2 Å². The lowest BCUT2D eigenvalue weighted by Gasteiger charge is -2.35. The van der Waals surface area contributed by atoms with Crippen molar-refractivity contribution in [1.29, 1.82) is 0 Å². The van der Waals surface area contributed by atoms with Crippen molar-refractivity contribution < 1.29 is 22.4 Å². The third-order valence-electron chi connectivity index (χ3n) is 5.64. The second-order valence-corrected chi connectivity index (χ2v) is 7.33. The molecule has 3 aromatic rings. The van der Waals surface area contributed by atoms with Crippen LogP contribution in [0.15, 0.2) is 42.6 Å². The van der Waals surface area contributed by atoms with Crippen molar-refractivity contribution >= 4 is 5.91 Å². The van der Waals surface area contributed by atoms with Crippen molar-refractivity contribution in [2.45, 2.75) is 37.6 Å². The van der Waals surface area contributed by atoms with Crippen molar-refractivity contribution in [3.63, 3.8) is 0 Å². The SMILES string of the molecule is O=C(c1cccc(C(F)(F)F)c1F)N1C2CCC1c1nnc(-c3ccccn3)n1C2. The summed E-state index contributed by atoms with van der Waals surface area (Å²) in [6.07, 6.45) is -2.01. The number of rotatable bonds is 2. The number of fused-ring (bicyclic) bond motifs is 4. The molecule has 0 aliphatic carbocycles. The Labute approximate surface area is 168 Å². The van der Waals surface area contributed by atoms with Gasteiger partial charge < -0.3 is 9.47 Å². The van der Waals surface area contributed by atoms with Gasteiger partial charge in [-0.3, -0.25) is 9.78 Å². The fraction of sp³-hybridized carbons (Fsp3) is 0.300. The zero-order valence-electron chi connectivity index (χ0n) is 15.5. The van der Waals surface area contributed by atoms with Crippen LogP contribution in [0.2, 0.25) is 0 Å². The minimum absolute atomic E-state index is 0.289. The minimum Gasteiger partial charge on any atom is -0.324 e. The molecule has 154 valence electrons. The highest BCUT2D eigenvalue weighted by molar-refractivity contribution is 5.95. The normalized spacial score (nSPS) is 20.3. The van der Waals surface area contributed by atoms with Crippen molar-refractivity contribution in [3.8, 4) is 11.5 Å². The number of benzene rings is 1.